The Hall–Kier alpha value is -2.04. The molecule has 0 heterocycles. The Morgan fingerprint density at radius 1 is 1.05 bits per heavy atom. The molecule has 5 heteroatoms. The third-order valence-electron chi connectivity index (χ3n) is 3.68. The summed E-state index contributed by atoms with van der Waals surface area (Å²) in [5.41, 5.74) is -1.27. The molecular weight excluding hydrogens is 284 g/mol. The lowest BCUT2D eigenvalue weighted by atomic mass is 9.82. The molecule has 0 N–H and O–H groups in total. The Kier molecular flexibility index (Phi) is 6.89. The highest BCUT2D eigenvalue weighted by atomic mass is 16.6. The highest BCUT2D eigenvalue weighted by molar-refractivity contribution is 6.00. The van der Waals surface area contributed by atoms with Crippen molar-refractivity contribution in [2.24, 2.45) is 5.41 Å². The lowest BCUT2D eigenvalue weighted by Gasteiger charge is -2.26. The van der Waals surface area contributed by atoms with Crippen LogP contribution in [0.2, 0.25) is 0 Å². The third-order valence-corrected chi connectivity index (χ3v) is 3.68. The molecule has 0 amide bonds. The van der Waals surface area contributed by atoms with Crippen molar-refractivity contribution in [2.45, 2.75) is 40.0 Å². The van der Waals surface area contributed by atoms with Gasteiger partial charge in [-0.15, -0.1) is 0 Å². The number of rotatable bonds is 8. The van der Waals surface area contributed by atoms with Crippen LogP contribution in [0.15, 0.2) is 24.3 Å². The van der Waals surface area contributed by atoms with Crippen LogP contribution in [0.1, 0.15) is 40.0 Å². The van der Waals surface area contributed by atoms with Crippen molar-refractivity contribution in [1.82, 2.24) is 0 Å². The van der Waals surface area contributed by atoms with Crippen molar-refractivity contribution in [3.05, 3.63) is 24.3 Å². The summed E-state index contributed by atoms with van der Waals surface area (Å²) in [6.45, 7) is 5.77. The summed E-state index contributed by atoms with van der Waals surface area (Å²) in [5.74, 6) is -0.185. The van der Waals surface area contributed by atoms with Crippen LogP contribution in [0, 0.1) is 5.41 Å². The number of hydrogen-bond donors (Lipinski definition) is 0. The maximum atomic E-state index is 12.5. The third kappa shape index (κ3) is 4.00. The molecule has 0 bridgehead atoms. The molecule has 0 aliphatic carbocycles. The summed E-state index contributed by atoms with van der Waals surface area (Å²) in [6.07, 6.45) is 1.36. The first-order valence-corrected chi connectivity index (χ1v) is 7.57. The quantitative estimate of drug-likeness (QED) is 0.418. The maximum Gasteiger partial charge on any atom is 0.328 e. The van der Waals surface area contributed by atoms with Crippen molar-refractivity contribution in [1.29, 1.82) is 0 Å². The van der Waals surface area contributed by atoms with Crippen LogP contribution in [0.25, 0.3) is 0 Å². The largest absolute Gasteiger partial charge is 0.497 e. The maximum absolute atomic E-state index is 12.5. The van der Waals surface area contributed by atoms with Gasteiger partial charge in [0.1, 0.15) is 11.5 Å². The van der Waals surface area contributed by atoms with Gasteiger partial charge in [-0.25, -0.2) is 0 Å². The SMILES string of the molecule is CCCOC(=O)C(CC)(CC)C(=O)Oc1cccc(OC)c1. The summed E-state index contributed by atoms with van der Waals surface area (Å²) < 4.78 is 15.7. The molecule has 122 valence electrons. The van der Waals surface area contributed by atoms with Crippen molar-refractivity contribution in [3.8, 4) is 11.5 Å². The average molecular weight is 308 g/mol. The first-order valence-electron chi connectivity index (χ1n) is 7.57. The van der Waals surface area contributed by atoms with E-state index in [0.717, 1.165) is 0 Å². The normalized spacial score (nSPS) is 10.9. The van der Waals surface area contributed by atoms with E-state index < -0.39 is 17.4 Å². The van der Waals surface area contributed by atoms with Crippen LogP contribution in [0.3, 0.4) is 0 Å². The predicted octanol–water partition coefficient (Wildman–Crippen LogP) is 3.36. The zero-order chi connectivity index (χ0) is 16.6. The van der Waals surface area contributed by atoms with E-state index in [-0.39, 0.29) is 0 Å². The zero-order valence-electron chi connectivity index (χ0n) is 13.7. The fraction of sp³-hybridized carbons (Fsp3) is 0.529. The van der Waals surface area contributed by atoms with Crippen LogP contribution < -0.4 is 9.47 Å². The summed E-state index contributed by atoms with van der Waals surface area (Å²) in [5, 5.41) is 0. The molecule has 1 rings (SSSR count). The van der Waals surface area contributed by atoms with Crippen molar-refractivity contribution in [2.75, 3.05) is 13.7 Å². The molecule has 5 nitrogen and oxygen atoms in total. The second-order valence-corrected chi connectivity index (χ2v) is 4.99. The van der Waals surface area contributed by atoms with E-state index in [1.165, 1.54) is 7.11 Å². The van der Waals surface area contributed by atoms with Gasteiger partial charge in [0.05, 0.1) is 13.7 Å². The van der Waals surface area contributed by atoms with Crippen LogP contribution >= 0.6 is 0 Å². The average Bonchev–Trinajstić information content (AvgIpc) is 2.54. The van der Waals surface area contributed by atoms with Crippen LogP contribution in [0.5, 0.6) is 11.5 Å². The summed E-state index contributed by atoms with van der Waals surface area (Å²) >= 11 is 0. The minimum Gasteiger partial charge on any atom is -0.497 e. The van der Waals surface area contributed by atoms with Gasteiger partial charge < -0.3 is 14.2 Å². The van der Waals surface area contributed by atoms with Gasteiger partial charge in [-0.1, -0.05) is 26.8 Å². The minimum atomic E-state index is -1.27. The fourth-order valence-electron chi connectivity index (χ4n) is 2.11. The Morgan fingerprint density at radius 2 is 1.68 bits per heavy atom. The zero-order valence-corrected chi connectivity index (χ0v) is 13.7. The minimum absolute atomic E-state index is 0.299. The molecule has 0 fully saturated rings. The van der Waals surface area contributed by atoms with E-state index in [1.807, 2.05) is 6.92 Å². The molecule has 1 aromatic rings. The molecule has 0 atom stereocenters. The number of ether oxygens (including phenoxy) is 3. The van der Waals surface area contributed by atoms with Gasteiger partial charge in [0.15, 0.2) is 5.41 Å². The number of hydrogen-bond acceptors (Lipinski definition) is 5. The summed E-state index contributed by atoms with van der Waals surface area (Å²) in [7, 11) is 1.53. The number of methoxy groups -OCH3 is 1. The van der Waals surface area contributed by atoms with Crippen molar-refractivity contribution in [3.63, 3.8) is 0 Å². The molecule has 0 aliphatic rings. The lowest BCUT2D eigenvalue weighted by molar-refractivity contribution is -0.168. The molecule has 0 aliphatic heterocycles. The number of benzene rings is 1. The van der Waals surface area contributed by atoms with Crippen LogP contribution in [-0.2, 0) is 14.3 Å². The fourth-order valence-corrected chi connectivity index (χ4v) is 2.11. The van der Waals surface area contributed by atoms with Gasteiger partial charge in [0.2, 0.25) is 0 Å². The molecule has 0 spiro atoms. The highest BCUT2D eigenvalue weighted by Crippen LogP contribution is 2.31. The second kappa shape index (κ2) is 8.41. The number of carbonyl (C=O) groups is 2. The first kappa shape index (κ1) is 18.0. The summed E-state index contributed by atoms with van der Waals surface area (Å²) in [4.78, 5) is 24.8. The van der Waals surface area contributed by atoms with Gasteiger partial charge in [-0.05, 0) is 31.4 Å². The standard InChI is InChI=1S/C17H24O5/c1-5-11-21-15(18)17(6-2,7-3)16(19)22-14-10-8-9-13(12-14)20-4/h8-10,12H,5-7,11H2,1-4H3. The van der Waals surface area contributed by atoms with Crippen LogP contribution in [-0.4, -0.2) is 25.7 Å². The van der Waals surface area contributed by atoms with E-state index in [4.69, 9.17) is 14.2 Å². The van der Waals surface area contributed by atoms with Gasteiger partial charge in [-0.3, -0.25) is 9.59 Å². The monoisotopic (exact) mass is 308 g/mol. The first-order chi connectivity index (χ1) is 10.5. The molecule has 0 unspecified atom stereocenters. The van der Waals surface area contributed by atoms with Gasteiger partial charge in [0.25, 0.3) is 0 Å². The highest BCUT2D eigenvalue weighted by Gasteiger charge is 2.46. The van der Waals surface area contributed by atoms with E-state index >= 15 is 0 Å². The van der Waals surface area contributed by atoms with E-state index in [1.54, 1.807) is 38.1 Å². The van der Waals surface area contributed by atoms with Gasteiger partial charge in [0, 0.05) is 6.07 Å². The van der Waals surface area contributed by atoms with E-state index in [9.17, 15) is 9.59 Å². The van der Waals surface area contributed by atoms with Gasteiger partial charge >= 0.3 is 11.9 Å². The van der Waals surface area contributed by atoms with E-state index in [0.29, 0.717) is 37.4 Å². The Balaban J connectivity index is 2.95. The van der Waals surface area contributed by atoms with Crippen LogP contribution in [0.4, 0.5) is 0 Å². The molecule has 0 saturated heterocycles. The molecule has 22 heavy (non-hydrogen) atoms. The molecular formula is C17H24O5. The predicted molar refractivity (Wildman–Crippen MR) is 82.9 cm³/mol. The molecule has 0 aromatic heterocycles. The Morgan fingerprint density at radius 3 is 2.23 bits per heavy atom. The molecule has 1 aromatic carbocycles. The summed E-state index contributed by atoms with van der Waals surface area (Å²) in [6, 6.07) is 6.72. The topological polar surface area (TPSA) is 61.8 Å². The van der Waals surface area contributed by atoms with Gasteiger partial charge in [-0.2, -0.15) is 0 Å². The Labute approximate surface area is 131 Å². The second-order valence-electron chi connectivity index (χ2n) is 4.99. The van der Waals surface area contributed by atoms with Crippen molar-refractivity contribution < 1.29 is 23.8 Å². The number of carbonyl (C=O) groups excluding carboxylic acids is 2. The van der Waals surface area contributed by atoms with Crippen molar-refractivity contribution >= 4 is 11.9 Å². The van der Waals surface area contributed by atoms with E-state index in [2.05, 4.69) is 0 Å². The smallest absolute Gasteiger partial charge is 0.328 e. The molecule has 0 saturated carbocycles. The molecule has 0 radical (unpaired) electrons. The Bertz CT molecular complexity index is 506. The lowest BCUT2D eigenvalue weighted by Crippen LogP contribution is -2.42. The number of esters is 2.